The van der Waals surface area contributed by atoms with E-state index >= 15 is 0 Å². The zero-order valence-corrected chi connectivity index (χ0v) is 21.6. The van der Waals surface area contributed by atoms with Crippen LogP contribution in [0.2, 0.25) is 0 Å². The summed E-state index contributed by atoms with van der Waals surface area (Å²) in [5.41, 5.74) is 0. The molecule has 0 aromatic heterocycles. The van der Waals surface area contributed by atoms with Crippen LogP contribution in [0.3, 0.4) is 0 Å². The van der Waals surface area contributed by atoms with Crippen LogP contribution in [0.1, 0.15) is 149 Å². The summed E-state index contributed by atoms with van der Waals surface area (Å²) in [5, 5.41) is 3.60. The van der Waals surface area contributed by atoms with Gasteiger partial charge in [-0.25, -0.2) is 0 Å². The normalized spacial score (nSPS) is 11.6. The van der Waals surface area contributed by atoms with Crippen molar-refractivity contribution in [1.29, 1.82) is 0 Å². The summed E-state index contributed by atoms with van der Waals surface area (Å²) in [5.74, 6) is 0. The first-order valence-corrected chi connectivity index (χ1v) is 14.3. The maximum atomic E-state index is 3.60. The lowest BCUT2D eigenvalue weighted by atomic mass is 10.0. The standard InChI is InChI=1S/C28H60N2/c1-4-7-8-9-10-11-12-13-14-15-16-17-18-19-20-21-22-23-24-25-26-29-27-28-30(5-2)6-3/h29H,4-28H2,1-3H3. The molecule has 0 fully saturated rings. The van der Waals surface area contributed by atoms with Crippen LogP contribution in [0.5, 0.6) is 0 Å². The van der Waals surface area contributed by atoms with E-state index in [9.17, 15) is 0 Å². The Labute approximate surface area is 192 Å². The van der Waals surface area contributed by atoms with Crippen molar-refractivity contribution in [3.63, 3.8) is 0 Å². The first-order valence-electron chi connectivity index (χ1n) is 14.3. The van der Waals surface area contributed by atoms with Gasteiger partial charge >= 0.3 is 0 Å². The molecule has 0 aromatic carbocycles. The minimum atomic E-state index is 1.15. The van der Waals surface area contributed by atoms with Gasteiger partial charge in [-0.1, -0.05) is 143 Å². The molecule has 0 aliphatic heterocycles. The van der Waals surface area contributed by atoms with E-state index in [1.165, 1.54) is 155 Å². The summed E-state index contributed by atoms with van der Waals surface area (Å²) < 4.78 is 0. The quantitative estimate of drug-likeness (QED) is 0.140. The molecule has 0 spiro atoms. The van der Waals surface area contributed by atoms with Crippen molar-refractivity contribution >= 4 is 0 Å². The second kappa shape index (κ2) is 27.0. The van der Waals surface area contributed by atoms with Gasteiger partial charge in [0.05, 0.1) is 0 Å². The summed E-state index contributed by atoms with van der Waals surface area (Å²) >= 11 is 0. The molecule has 0 saturated carbocycles. The van der Waals surface area contributed by atoms with E-state index in [1.54, 1.807) is 0 Å². The van der Waals surface area contributed by atoms with Gasteiger partial charge in [0.15, 0.2) is 0 Å². The summed E-state index contributed by atoms with van der Waals surface area (Å²) in [6, 6.07) is 0. The topological polar surface area (TPSA) is 15.3 Å². The highest BCUT2D eigenvalue weighted by Gasteiger charge is 1.98. The van der Waals surface area contributed by atoms with Crippen LogP contribution in [-0.2, 0) is 0 Å². The van der Waals surface area contributed by atoms with Crippen molar-refractivity contribution in [2.24, 2.45) is 0 Å². The Bertz CT molecular complexity index is 288. The van der Waals surface area contributed by atoms with Gasteiger partial charge in [0.25, 0.3) is 0 Å². The second-order valence-electron chi connectivity index (χ2n) is 9.49. The fourth-order valence-corrected chi connectivity index (χ4v) is 4.41. The molecule has 0 rings (SSSR count). The molecule has 0 heterocycles. The van der Waals surface area contributed by atoms with Gasteiger partial charge in [-0.2, -0.15) is 0 Å². The number of nitrogens with one attached hydrogen (secondary N) is 1. The Morgan fingerprint density at radius 3 is 1.07 bits per heavy atom. The first kappa shape index (κ1) is 29.9. The van der Waals surface area contributed by atoms with Crippen LogP contribution in [0.4, 0.5) is 0 Å². The molecule has 0 aromatic rings. The molecule has 0 atom stereocenters. The second-order valence-corrected chi connectivity index (χ2v) is 9.49. The third-order valence-electron chi connectivity index (χ3n) is 6.71. The van der Waals surface area contributed by atoms with E-state index < -0.39 is 0 Å². The molecule has 1 N–H and O–H groups in total. The van der Waals surface area contributed by atoms with E-state index in [2.05, 4.69) is 31.0 Å². The number of rotatable bonds is 26. The van der Waals surface area contributed by atoms with Gasteiger partial charge in [0.1, 0.15) is 0 Å². The van der Waals surface area contributed by atoms with Crippen LogP contribution in [0.15, 0.2) is 0 Å². The maximum Gasteiger partial charge on any atom is 0.0107 e. The van der Waals surface area contributed by atoms with E-state index in [0.29, 0.717) is 0 Å². The van der Waals surface area contributed by atoms with Crippen LogP contribution in [0, 0.1) is 0 Å². The van der Waals surface area contributed by atoms with E-state index in [1.807, 2.05) is 0 Å². The predicted octanol–water partition coefficient (Wildman–Crippen LogP) is 8.74. The van der Waals surface area contributed by atoms with E-state index in [4.69, 9.17) is 0 Å². The highest BCUT2D eigenvalue weighted by atomic mass is 15.1. The third kappa shape index (κ3) is 24.2. The Balaban J connectivity index is 3.03. The lowest BCUT2D eigenvalue weighted by molar-refractivity contribution is 0.302. The minimum absolute atomic E-state index is 1.15. The Hall–Kier alpha value is -0.0800. The minimum Gasteiger partial charge on any atom is -0.315 e. The number of likely N-dealkylation sites (N-methyl/N-ethyl adjacent to an activating group) is 1. The van der Waals surface area contributed by atoms with Crippen LogP contribution < -0.4 is 5.32 Å². The van der Waals surface area contributed by atoms with Crippen molar-refractivity contribution < 1.29 is 0 Å². The van der Waals surface area contributed by atoms with Crippen molar-refractivity contribution in [3.05, 3.63) is 0 Å². The number of hydrogen-bond acceptors (Lipinski definition) is 2. The van der Waals surface area contributed by atoms with Crippen molar-refractivity contribution in [2.45, 2.75) is 149 Å². The first-order chi connectivity index (χ1) is 14.8. The summed E-state index contributed by atoms with van der Waals surface area (Å²) in [7, 11) is 0. The van der Waals surface area contributed by atoms with Gasteiger partial charge < -0.3 is 10.2 Å². The molecule has 0 amide bonds. The lowest BCUT2D eigenvalue weighted by Gasteiger charge is -2.17. The van der Waals surface area contributed by atoms with Gasteiger partial charge in [-0.3, -0.25) is 0 Å². The number of nitrogens with zero attached hydrogens (tertiary/aromatic N) is 1. The van der Waals surface area contributed by atoms with Gasteiger partial charge in [0, 0.05) is 13.1 Å². The van der Waals surface area contributed by atoms with Crippen molar-refractivity contribution in [3.8, 4) is 0 Å². The highest BCUT2D eigenvalue weighted by molar-refractivity contribution is 4.56. The summed E-state index contributed by atoms with van der Waals surface area (Å²) in [4.78, 5) is 2.49. The van der Waals surface area contributed by atoms with Gasteiger partial charge in [-0.05, 0) is 26.1 Å². The molecule has 0 bridgehead atoms. The largest absolute Gasteiger partial charge is 0.315 e. The zero-order chi connectivity index (χ0) is 22.0. The molecule has 2 nitrogen and oxygen atoms in total. The Morgan fingerprint density at radius 1 is 0.400 bits per heavy atom. The molecular weight excluding hydrogens is 364 g/mol. The fraction of sp³-hybridized carbons (Fsp3) is 1.00. The van der Waals surface area contributed by atoms with Gasteiger partial charge in [0.2, 0.25) is 0 Å². The Kier molecular flexibility index (Phi) is 26.9. The van der Waals surface area contributed by atoms with Crippen LogP contribution >= 0.6 is 0 Å². The SMILES string of the molecule is CCCCCCCCCCCCCCCCCCCCCCNCCN(CC)CC. The van der Waals surface area contributed by atoms with Gasteiger partial charge in [-0.15, -0.1) is 0 Å². The molecule has 30 heavy (non-hydrogen) atoms. The van der Waals surface area contributed by atoms with Crippen molar-refractivity contribution in [1.82, 2.24) is 10.2 Å². The van der Waals surface area contributed by atoms with Crippen molar-refractivity contribution in [2.75, 3.05) is 32.7 Å². The third-order valence-corrected chi connectivity index (χ3v) is 6.71. The average molecular weight is 425 g/mol. The molecule has 0 radical (unpaired) electrons. The monoisotopic (exact) mass is 424 g/mol. The number of unbranched alkanes of at least 4 members (excludes halogenated alkanes) is 19. The number of hydrogen-bond donors (Lipinski definition) is 1. The van der Waals surface area contributed by atoms with Crippen LogP contribution in [0.25, 0.3) is 0 Å². The molecule has 182 valence electrons. The maximum absolute atomic E-state index is 3.60. The average Bonchev–Trinajstić information content (AvgIpc) is 2.77. The molecule has 0 unspecified atom stereocenters. The predicted molar refractivity (Wildman–Crippen MR) is 139 cm³/mol. The molecule has 0 aliphatic rings. The van der Waals surface area contributed by atoms with E-state index in [0.717, 1.165) is 6.54 Å². The molecule has 0 saturated heterocycles. The molecular formula is C28H60N2. The lowest BCUT2D eigenvalue weighted by Crippen LogP contribution is -2.32. The molecule has 2 heteroatoms. The summed E-state index contributed by atoms with van der Waals surface area (Å²) in [6.45, 7) is 12.7. The smallest absolute Gasteiger partial charge is 0.0107 e. The molecule has 0 aliphatic carbocycles. The van der Waals surface area contributed by atoms with E-state index in [-0.39, 0.29) is 0 Å². The zero-order valence-electron chi connectivity index (χ0n) is 21.6. The fourth-order valence-electron chi connectivity index (χ4n) is 4.41. The Morgan fingerprint density at radius 2 is 0.733 bits per heavy atom. The highest BCUT2D eigenvalue weighted by Crippen LogP contribution is 2.14. The summed E-state index contributed by atoms with van der Waals surface area (Å²) in [6.07, 6.45) is 29.2. The van der Waals surface area contributed by atoms with Crippen LogP contribution in [-0.4, -0.2) is 37.6 Å².